The Bertz CT molecular complexity index is 1200. The van der Waals surface area contributed by atoms with Crippen molar-refractivity contribution in [1.82, 2.24) is 19.4 Å². The number of methoxy groups -OCH3 is 1. The number of aromatic nitrogens is 2. The fourth-order valence-corrected chi connectivity index (χ4v) is 5.82. The van der Waals surface area contributed by atoms with Crippen LogP contribution in [-0.2, 0) is 29.4 Å². The molecule has 2 aliphatic rings. The number of sulfonamides is 1. The zero-order valence-electron chi connectivity index (χ0n) is 18.0. The number of hydrogen-bond acceptors (Lipinski definition) is 7. The lowest BCUT2D eigenvalue weighted by Gasteiger charge is -2.33. The molecule has 168 valence electrons. The first-order chi connectivity index (χ1) is 15.5. The van der Waals surface area contributed by atoms with Crippen molar-refractivity contribution in [3.63, 3.8) is 0 Å². The maximum atomic E-state index is 13.1. The summed E-state index contributed by atoms with van der Waals surface area (Å²) in [5.41, 5.74) is 3.28. The van der Waals surface area contributed by atoms with Crippen LogP contribution in [0.1, 0.15) is 23.4 Å². The predicted molar refractivity (Wildman–Crippen MR) is 119 cm³/mol. The van der Waals surface area contributed by atoms with E-state index in [1.807, 2.05) is 36.4 Å². The molecule has 0 N–H and O–H groups in total. The van der Waals surface area contributed by atoms with Gasteiger partial charge in [-0.05, 0) is 66.8 Å². The molecule has 5 rings (SSSR count). The third-order valence-electron chi connectivity index (χ3n) is 6.20. The number of hydrogen-bond donors (Lipinski definition) is 0. The van der Waals surface area contributed by atoms with Gasteiger partial charge < -0.3 is 9.15 Å². The first-order valence-corrected chi connectivity index (χ1v) is 12.3. The van der Waals surface area contributed by atoms with Gasteiger partial charge in [0.25, 0.3) is 0 Å². The second-order valence-corrected chi connectivity index (χ2v) is 10.1. The molecule has 1 aliphatic heterocycles. The van der Waals surface area contributed by atoms with E-state index in [0.29, 0.717) is 49.4 Å². The Hall–Kier alpha value is -2.75. The second kappa shape index (κ2) is 8.65. The fourth-order valence-electron chi connectivity index (χ4n) is 4.34. The molecular weight excluding hydrogens is 428 g/mol. The molecule has 32 heavy (non-hydrogen) atoms. The van der Waals surface area contributed by atoms with Gasteiger partial charge >= 0.3 is 0 Å². The summed E-state index contributed by atoms with van der Waals surface area (Å²) < 4.78 is 38.8. The van der Waals surface area contributed by atoms with Crippen LogP contribution in [0.3, 0.4) is 0 Å². The van der Waals surface area contributed by atoms with Crippen LogP contribution in [0.15, 0.2) is 51.8 Å². The Morgan fingerprint density at radius 1 is 0.969 bits per heavy atom. The highest BCUT2D eigenvalue weighted by Crippen LogP contribution is 2.27. The fraction of sp³-hybridized carbons (Fsp3) is 0.391. The predicted octanol–water partition coefficient (Wildman–Crippen LogP) is 2.74. The van der Waals surface area contributed by atoms with Crippen LogP contribution >= 0.6 is 0 Å². The molecule has 2 heterocycles. The van der Waals surface area contributed by atoms with E-state index in [2.05, 4.69) is 15.1 Å². The molecule has 0 radical (unpaired) electrons. The highest BCUT2D eigenvalue weighted by atomic mass is 32.2. The van der Waals surface area contributed by atoms with Crippen molar-refractivity contribution in [3.05, 3.63) is 59.5 Å². The summed E-state index contributed by atoms with van der Waals surface area (Å²) in [7, 11) is -1.85. The largest absolute Gasteiger partial charge is 0.497 e. The van der Waals surface area contributed by atoms with Crippen molar-refractivity contribution in [3.8, 4) is 17.2 Å². The number of rotatable bonds is 6. The zero-order chi connectivity index (χ0) is 22.1. The first kappa shape index (κ1) is 21.1. The SMILES string of the molecule is COc1ccc(-c2nnc(CN3CCN(S(=O)(=O)c4ccc5c(c4)CCC5)CC3)o2)cc1. The molecule has 1 fully saturated rings. The lowest BCUT2D eigenvalue weighted by molar-refractivity contribution is 0.168. The quantitative estimate of drug-likeness (QED) is 0.566. The Kier molecular flexibility index (Phi) is 5.71. The Morgan fingerprint density at radius 2 is 1.72 bits per heavy atom. The molecular formula is C23H26N4O4S. The van der Waals surface area contributed by atoms with Gasteiger partial charge in [-0.3, -0.25) is 4.90 Å². The smallest absolute Gasteiger partial charge is 0.247 e. The Balaban J connectivity index is 1.20. The molecule has 1 aliphatic carbocycles. The molecule has 3 aromatic rings. The topological polar surface area (TPSA) is 88.8 Å². The molecule has 0 amide bonds. The molecule has 0 unspecified atom stereocenters. The second-order valence-electron chi connectivity index (χ2n) is 8.19. The van der Waals surface area contributed by atoms with Crippen molar-refractivity contribution in [2.45, 2.75) is 30.7 Å². The van der Waals surface area contributed by atoms with Gasteiger partial charge in [-0.2, -0.15) is 4.31 Å². The number of fused-ring (bicyclic) bond motifs is 1. The van der Waals surface area contributed by atoms with Crippen molar-refractivity contribution in [2.24, 2.45) is 0 Å². The lowest BCUT2D eigenvalue weighted by Crippen LogP contribution is -2.48. The normalized spacial score (nSPS) is 17.4. The number of piperazine rings is 1. The highest BCUT2D eigenvalue weighted by Gasteiger charge is 2.30. The van der Waals surface area contributed by atoms with Crippen LogP contribution in [0, 0.1) is 0 Å². The summed E-state index contributed by atoms with van der Waals surface area (Å²) in [6, 6.07) is 13.0. The maximum Gasteiger partial charge on any atom is 0.247 e. The molecule has 9 heteroatoms. The van der Waals surface area contributed by atoms with Crippen molar-refractivity contribution in [1.29, 1.82) is 0 Å². The summed E-state index contributed by atoms with van der Waals surface area (Å²) in [6.45, 7) is 2.61. The molecule has 0 bridgehead atoms. The minimum Gasteiger partial charge on any atom is -0.497 e. The molecule has 0 spiro atoms. The minimum atomic E-state index is -3.47. The van der Waals surface area contributed by atoms with E-state index in [-0.39, 0.29) is 0 Å². The van der Waals surface area contributed by atoms with E-state index in [1.165, 1.54) is 11.1 Å². The molecule has 1 saturated heterocycles. The van der Waals surface area contributed by atoms with E-state index in [9.17, 15) is 8.42 Å². The van der Waals surface area contributed by atoms with Crippen LogP contribution in [-0.4, -0.2) is 61.1 Å². The molecule has 0 saturated carbocycles. The van der Waals surface area contributed by atoms with Gasteiger partial charge in [0.15, 0.2) is 0 Å². The molecule has 2 aromatic carbocycles. The number of ether oxygens (including phenoxy) is 1. The molecule has 1 aromatic heterocycles. The van der Waals surface area contributed by atoms with Crippen LogP contribution in [0.5, 0.6) is 5.75 Å². The van der Waals surface area contributed by atoms with E-state index in [1.54, 1.807) is 17.5 Å². The summed E-state index contributed by atoms with van der Waals surface area (Å²) in [6.07, 6.45) is 3.12. The van der Waals surface area contributed by atoms with Crippen LogP contribution in [0.2, 0.25) is 0 Å². The van der Waals surface area contributed by atoms with Crippen molar-refractivity contribution >= 4 is 10.0 Å². The van der Waals surface area contributed by atoms with Gasteiger partial charge in [-0.15, -0.1) is 10.2 Å². The van der Waals surface area contributed by atoms with E-state index < -0.39 is 10.0 Å². The van der Waals surface area contributed by atoms with Gasteiger partial charge in [0, 0.05) is 31.7 Å². The van der Waals surface area contributed by atoms with Crippen LogP contribution in [0.25, 0.3) is 11.5 Å². The van der Waals surface area contributed by atoms with Gasteiger partial charge in [0.2, 0.25) is 21.8 Å². The maximum absolute atomic E-state index is 13.1. The van der Waals surface area contributed by atoms with Gasteiger partial charge in [0.1, 0.15) is 5.75 Å². The van der Waals surface area contributed by atoms with Gasteiger partial charge in [-0.25, -0.2) is 8.42 Å². The Morgan fingerprint density at radius 3 is 2.47 bits per heavy atom. The number of benzene rings is 2. The van der Waals surface area contributed by atoms with Crippen molar-refractivity contribution in [2.75, 3.05) is 33.3 Å². The number of aryl methyl sites for hydroxylation is 2. The summed E-state index contributed by atoms with van der Waals surface area (Å²) in [4.78, 5) is 2.55. The monoisotopic (exact) mass is 454 g/mol. The molecule has 0 atom stereocenters. The average Bonchev–Trinajstić information content (AvgIpc) is 3.48. The van der Waals surface area contributed by atoms with Crippen molar-refractivity contribution < 1.29 is 17.6 Å². The summed E-state index contributed by atoms with van der Waals surface area (Å²) in [5.74, 6) is 1.74. The number of nitrogens with zero attached hydrogens (tertiary/aromatic N) is 4. The third-order valence-corrected chi connectivity index (χ3v) is 8.10. The third kappa shape index (κ3) is 4.15. The average molecular weight is 455 g/mol. The van der Waals surface area contributed by atoms with Gasteiger partial charge in [0.05, 0.1) is 18.6 Å². The summed E-state index contributed by atoms with van der Waals surface area (Å²) in [5, 5.41) is 8.30. The Labute approximate surface area is 187 Å². The van der Waals surface area contributed by atoms with E-state index in [4.69, 9.17) is 9.15 Å². The minimum absolute atomic E-state index is 0.410. The first-order valence-electron chi connectivity index (χ1n) is 10.8. The van der Waals surface area contributed by atoms with Gasteiger partial charge in [-0.1, -0.05) is 6.07 Å². The highest BCUT2D eigenvalue weighted by molar-refractivity contribution is 7.89. The van der Waals surface area contributed by atoms with E-state index >= 15 is 0 Å². The zero-order valence-corrected chi connectivity index (χ0v) is 18.8. The standard InChI is InChI=1S/C23H26N4O4S/c1-30-20-8-5-18(6-9-20)23-25-24-22(31-23)16-26-11-13-27(14-12-26)32(28,29)21-10-7-17-3-2-4-19(17)15-21/h5-10,15H,2-4,11-14,16H2,1H3. The van der Waals surface area contributed by atoms with Crippen LogP contribution < -0.4 is 4.74 Å². The lowest BCUT2D eigenvalue weighted by atomic mass is 10.1. The van der Waals surface area contributed by atoms with E-state index in [0.717, 1.165) is 30.6 Å². The summed E-state index contributed by atoms with van der Waals surface area (Å²) >= 11 is 0. The molecule has 8 nitrogen and oxygen atoms in total. The van der Waals surface area contributed by atoms with Crippen LogP contribution in [0.4, 0.5) is 0 Å².